The molecule has 1 aliphatic heterocycles. The van der Waals surface area contributed by atoms with Crippen LogP contribution in [0.15, 0.2) is 18.2 Å². The minimum atomic E-state index is 0.0159. The maximum absolute atomic E-state index is 12.5. The molecule has 18 heavy (non-hydrogen) atoms. The van der Waals surface area contributed by atoms with Gasteiger partial charge in [0.05, 0.1) is 12.1 Å². The van der Waals surface area contributed by atoms with Gasteiger partial charge in [0.2, 0.25) is 0 Å². The molecule has 4 heteroatoms. The first-order chi connectivity index (χ1) is 8.52. The quantitative estimate of drug-likeness (QED) is 0.812. The monoisotopic (exact) mass is 248 g/mol. The van der Waals surface area contributed by atoms with Crippen LogP contribution in [-0.2, 0) is 4.74 Å². The van der Waals surface area contributed by atoms with Crippen LogP contribution in [0.25, 0.3) is 0 Å². The molecule has 1 aromatic carbocycles. The van der Waals surface area contributed by atoms with Gasteiger partial charge in [0.25, 0.3) is 5.91 Å². The van der Waals surface area contributed by atoms with Crippen LogP contribution in [0.4, 0.5) is 5.69 Å². The summed E-state index contributed by atoms with van der Waals surface area (Å²) in [6, 6.07) is 5.61. The maximum Gasteiger partial charge on any atom is 0.254 e. The van der Waals surface area contributed by atoms with E-state index in [4.69, 9.17) is 10.5 Å². The second kappa shape index (κ2) is 4.98. The summed E-state index contributed by atoms with van der Waals surface area (Å²) in [5.74, 6) is 0.0159. The number of hydrogen-bond acceptors (Lipinski definition) is 3. The summed E-state index contributed by atoms with van der Waals surface area (Å²) in [4.78, 5) is 14.2. The molecule has 0 aromatic heterocycles. The number of carbonyl (C=O) groups is 1. The highest BCUT2D eigenvalue weighted by molar-refractivity contribution is 5.97. The Morgan fingerprint density at radius 3 is 2.83 bits per heavy atom. The fourth-order valence-electron chi connectivity index (χ4n) is 2.45. The van der Waals surface area contributed by atoms with Crippen molar-refractivity contribution >= 4 is 11.6 Å². The van der Waals surface area contributed by atoms with E-state index >= 15 is 0 Å². The summed E-state index contributed by atoms with van der Waals surface area (Å²) in [7, 11) is 1.83. The zero-order valence-electron chi connectivity index (χ0n) is 11.1. The van der Waals surface area contributed by atoms with E-state index in [1.807, 2.05) is 39.1 Å². The van der Waals surface area contributed by atoms with E-state index in [0.29, 0.717) is 11.3 Å². The van der Waals surface area contributed by atoms with Gasteiger partial charge in [-0.25, -0.2) is 0 Å². The van der Waals surface area contributed by atoms with Crippen molar-refractivity contribution in [2.45, 2.75) is 32.4 Å². The van der Waals surface area contributed by atoms with Crippen LogP contribution in [0.5, 0.6) is 0 Å². The molecule has 0 saturated carbocycles. The minimum Gasteiger partial charge on any atom is -0.398 e. The number of carbonyl (C=O) groups excluding carboxylic acids is 1. The lowest BCUT2D eigenvalue weighted by Crippen LogP contribution is -2.41. The highest BCUT2D eigenvalue weighted by atomic mass is 16.5. The Labute approximate surface area is 108 Å². The van der Waals surface area contributed by atoms with E-state index in [2.05, 4.69) is 0 Å². The molecule has 1 heterocycles. The van der Waals surface area contributed by atoms with Gasteiger partial charge in [-0.2, -0.15) is 0 Å². The molecule has 4 nitrogen and oxygen atoms in total. The first-order valence-corrected chi connectivity index (χ1v) is 6.26. The standard InChI is InChI=1S/C14H20N2O2/c1-9-11(5-4-6-12(9)15)14(17)16(3)13-7-8-18-10(13)2/h4-6,10,13H,7-8,15H2,1-3H3. The van der Waals surface area contributed by atoms with Crippen molar-refractivity contribution in [3.8, 4) is 0 Å². The average Bonchev–Trinajstić information content (AvgIpc) is 2.77. The lowest BCUT2D eigenvalue weighted by Gasteiger charge is -2.27. The van der Waals surface area contributed by atoms with Crippen molar-refractivity contribution in [1.29, 1.82) is 0 Å². The predicted octanol–water partition coefficient (Wildman–Crippen LogP) is 1.83. The summed E-state index contributed by atoms with van der Waals surface area (Å²) in [5.41, 5.74) is 8.03. The lowest BCUT2D eigenvalue weighted by molar-refractivity contribution is 0.0574. The SMILES string of the molecule is Cc1c(N)cccc1C(=O)N(C)C1CCOC1C. The number of ether oxygens (including phenoxy) is 1. The topological polar surface area (TPSA) is 55.6 Å². The Hall–Kier alpha value is -1.55. The van der Waals surface area contributed by atoms with Gasteiger partial charge < -0.3 is 15.4 Å². The minimum absolute atomic E-state index is 0.0159. The predicted molar refractivity (Wildman–Crippen MR) is 71.5 cm³/mol. The number of nitrogens with zero attached hydrogens (tertiary/aromatic N) is 1. The van der Waals surface area contributed by atoms with E-state index in [-0.39, 0.29) is 18.1 Å². The first-order valence-electron chi connectivity index (χ1n) is 6.26. The third-order valence-corrected chi connectivity index (χ3v) is 3.76. The molecule has 0 spiro atoms. The van der Waals surface area contributed by atoms with Crippen molar-refractivity contribution in [2.24, 2.45) is 0 Å². The van der Waals surface area contributed by atoms with Gasteiger partial charge in [-0.15, -0.1) is 0 Å². The molecule has 1 aliphatic rings. The Kier molecular flexibility index (Phi) is 3.57. The van der Waals surface area contributed by atoms with Crippen LogP contribution >= 0.6 is 0 Å². The molecule has 2 N–H and O–H groups in total. The van der Waals surface area contributed by atoms with Crippen molar-refractivity contribution in [2.75, 3.05) is 19.4 Å². The molecule has 0 bridgehead atoms. The normalized spacial score (nSPS) is 23.1. The molecule has 98 valence electrons. The smallest absolute Gasteiger partial charge is 0.254 e. The number of benzene rings is 1. The lowest BCUT2D eigenvalue weighted by atomic mass is 10.0. The van der Waals surface area contributed by atoms with E-state index in [1.54, 1.807) is 4.90 Å². The fraction of sp³-hybridized carbons (Fsp3) is 0.500. The van der Waals surface area contributed by atoms with Crippen molar-refractivity contribution in [1.82, 2.24) is 4.90 Å². The molecule has 2 atom stereocenters. The molecule has 0 aliphatic carbocycles. The molecule has 1 amide bonds. The number of nitrogens with two attached hydrogens (primary N) is 1. The van der Waals surface area contributed by atoms with Crippen molar-refractivity contribution in [3.05, 3.63) is 29.3 Å². The van der Waals surface area contributed by atoms with Gasteiger partial charge in [-0.05, 0) is 38.0 Å². The number of anilines is 1. The van der Waals surface area contributed by atoms with Gasteiger partial charge in [-0.1, -0.05) is 6.07 Å². The summed E-state index contributed by atoms with van der Waals surface area (Å²) < 4.78 is 5.51. The van der Waals surface area contributed by atoms with Crippen LogP contribution in [0, 0.1) is 6.92 Å². The summed E-state index contributed by atoms with van der Waals surface area (Å²) in [6.45, 7) is 4.61. The van der Waals surface area contributed by atoms with E-state index in [9.17, 15) is 4.79 Å². The van der Waals surface area contributed by atoms with Gasteiger partial charge in [0.1, 0.15) is 0 Å². The number of amides is 1. The molecule has 2 unspecified atom stereocenters. The molecule has 2 rings (SSSR count). The zero-order chi connectivity index (χ0) is 13.3. The second-order valence-corrected chi connectivity index (χ2v) is 4.87. The Balaban J connectivity index is 2.23. The molecule has 0 radical (unpaired) electrons. The van der Waals surface area contributed by atoms with E-state index < -0.39 is 0 Å². The largest absolute Gasteiger partial charge is 0.398 e. The Bertz CT molecular complexity index is 459. The third-order valence-electron chi connectivity index (χ3n) is 3.76. The number of hydrogen-bond donors (Lipinski definition) is 1. The number of likely N-dealkylation sites (N-methyl/N-ethyl adjacent to an activating group) is 1. The highest BCUT2D eigenvalue weighted by Gasteiger charge is 2.31. The van der Waals surface area contributed by atoms with E-state index in [1.165, 1.54) is 0 Å². The van der Waals surface area contributed by atoms with Gasteiger partial charge in [-0.3, -0.25) is 4.79 Å². The van der Waals surface area contributed by atoms with Crippen LogP contribution in [0.3, 0.4) is 0 Å². The van der Waals surface area contributed by atoms with Crippen LogP contribution in [-0.4, -0.2) is 36.6 Å². The number of rotatable bonds is 2. The molecule has 1 fully saturated rings. The maximum atomic E-state index is 12.5. The summed E-state index contributed by atoms with van der Waals surface area (Å²) in [6.07, 6.45) is 0.991. The molecule has 1 aromatic rings. The second-order valence-electron chi connectivity index (χ2n) is 4.87. The summed E-state index contributed by atoms with van der Waals surface area (Å²) in [5, 5.41) is 0. The van der Waals surface area contributed by atoms with Crippen LogP contribution < -0.4 is 5.73 Å². The zero-order valence-corrected chi connectivity index (χ0v) is 11.1. The van der Waals surface area contributed by atoms with Crippen molar-refractivity contribution in [3.63, 3.8) is 0 Å². The number of nitrogen functional groups attached to an aromatic ring is 1. The van der Waals surface area contributed by atoms with Crippen LogP contribution in [0.2, 0.25) is 0 Å². The Morgan fingerprint density at radius 1 is 1.50 bits per heavy atom. The average molecular weight is 248 g/mol. The Morgan fingerprint density at radius 2 is 2.22 bits per heavy atom. The van der Waals surface area contributed by atoms with Gasteiger partial charge >= 0.3 is 0 Å². The fourth-order valence-corrected chi connectivity index (χ4v) is 2.45. The highest BCUT2D eigenvalue weighted by Crippen LogP contribution is 2.22. The first kappa shape index (κ1) is 12.9. The van der Waals surface area contributed by atoms with E-state index in [0.717, 1.165) is 18.6 Å². The van der Waals surface area contributed by atoms with Crippen molar-refractivity contribution < 1.29 is 9.53 Å². The third kappa shape index (κ3) is 2.20. The summed E-state index contributed by atoms with van der Waals surface area (Å²) >= 11 is 0. The molecular weight excluding hydrogens is 228 g/mol. The van der Waals surface area contributed by atoms with Crippen LogP contribution in [0.1, 0.15) is 29.3 Å². The molecule has 1 saturated heterocycles. The van der Waals surface area contributed by atoms with Gasteiger partial charge in [0, 0.05) is 24.9 Å². The van der Waals surface area contributed by atoms with Gasteiger partial charge in [0.15, 0.2) is 0 Å². The molecular formula is C14H20N2O2.